The van der Waals surface area contributed by atoms with Gasteiger partial charge in [-0.2, -0.15) is 0 Å². The maximum atomic E-state index is 11.2. The van der Waals surface area contributed by atoms with Gasteiger partial charge in [0, 0.05) is 17.1 Å². The molecule has 3 aromatic rings. The van der Waals surface area contributed by atoms with Gasteiger partial charge in [-0.3, -0.25) is 14.9 Å². The van der Waals surface area contributed by atoms with Crippen LogP contribution in [0.25, 0.3) is 10.2 Å². The number of nitrogens with zero attached hydrogens (tertiary/aromatic N) is 2. The number of anilines is 1. The number of nitro benzene ring substituents is 1. The van der Waals surface area contributed by atoms with Gasteiger partial charge in [0.25, 0.3) is 5.69 Å². The molecule has 7 nitrogen and oxygen atoms in total. The molecular formula is C12H10N4O3S2. The standard InChI is InChI=1S/C12H10N4O3S2/c1-6-14-9-2-8(10(16(18)19)3-11(9)21-6)13-4-7-5-20-12(17)15-7/h2-3,5,13H,4H2,1H3,(H,15,17). The Morgan fingerprint density at radius 3 is 2.95 bits per heavy atom. The summed E-state index contributed by atoms with van der Waals surface area (Å²) in [6.07, 6.45) is 0. The van der Waals surface area contributed by atoms with Crippen molar-refractivity contribution in [2.45, 2.75) is 13.5 Å². The molecule has 0 saturated heterocycles. The molecule has 2 heterocycles. The zero-order valence-electron chi connectivity index (χ0n) is 10.9. The number of fused-ring (bicyclic) bond motifs is 1. The first kappa shape index (κ1) is 13.7. The van der Waals surface area contributed by atoms with Gasteiger partial charge in [-0.05, 0) is 13.0 Å². The van der Waals surface area contributed by atoms with Gasteiger partial charge in [-0.1, -0.05) is 11.3 Å². The number of benzene rings is 1. The van der Waals surface area contributed by atoms with Crippen LogP contribution in [0.2, 0.25) is 0 Å². The predicted molar refractivity (Wildman–Crippen MR) is 83.3 cm³/mol. The number of aromatic nitrogens is 2. The molecule has 9 heteroatoms. The molecule has 0 aliphatic rings. The number of nitro groups is 1. The molecule has 0 fully saturated rings. The van der Waals surface area contributed by atoms with Gasteiger partial charge in [0.2, 0.25) is 0 Å². The van der Waals surface area contributed by atoms with E-state index >= 15 is 0 Å². The van der Waals surface area contributed by atoms with Crippen LogP contribution in [0.1, 0.15) is 10.7 Å². The Labute approximate surface area is 126 Å². The Kier molecular flexibility index (Phi) is 3.43. The van der Waals surface area contributed by atoms with Crippen molar-refractivity contribution in [2.75, 3.05) is 5.32 Å². The highest BCUT2D eigenvalue weighted by atomic mass is 32.1. The van der Waals surface area contributed by atoms with Crippen LogP contribution in [0.15, 0.2) is 22.3 Å². The molecule has 3 rings (SSSR count). The third-order valence-electron chi connectivity index (χ3n) is 2.85. The summed E-state index contributed by atoms with van der Waals surface area (Å²) in [4.78, 5) is 28.7. The maximum Gasteiger partial charge on any atom is 0.304 e. The van der Waals surface area contributed by atoms with E-state index in [1.807, 2.05) is 6.92 Å². The molecule has 108 valence electrons. The van der Waals surface area contributed by atoms with E-state index < -0.39 is 4.92 Å². The van der Waals surface area contributed by atoms with E-state index in [4.69, 9.17) is 0 Å². The number of aromatic amines is 1. The minimum absolute atomic E-state index is 0.00345. The van der Waals surface area contributed by atoms with Crippen molar-refractivity contribution in [3.8, 4) is 0 Å². The van der Waals surface area contributed by atoms with Crippen LogP contribution in [0.3, 0.4) is 0 Å². The summed E-state index contributed by atoms with van der Waals surface area (Å²) in [6, 6.07) is 3.19. The van der Waals surface area contributed by atoms with Crippen molar-refractivity contribution in [3.05, 3.63) is 48.0 Å². The average molecular weight is 322 g/mol. The van der Waals surface area contributed by atoms with E-state index in [0.29, 0.717) is 17.9 Å². The molecule has 0 aliphatic carbocycles. The molecular weight excluding hydrogens is 312 g/mol. The minimum Gasteiger partial charge on any atom is -0.374 e. The lowest BCUT2D eigenvalue weighted by molar-refractivity contribution is -0.383. The van der Waals surface area contributed by atoms with E-state index in [1.54, 1.807) is 11.4 Å². The highest BCUT2D eigenvalue weighted by Gasteiger charge is 2.17. The lowest BCUT2D eigenvalue weighted by atomic mass is 10.2. The zero-order chi connectivity index (χ0) is 15.0. The predicted octanol–water partition coefficient (Wildman–Crippen LogP) is 2.87. The second-order valence-electron chi connectivity index (χ2n) is 4.35. The van der Waals surface area contributed by atoms with Crippen molar-refractivity contribution >= 4 is 44.3 Å². The van der Waals surface area contributed by atoms with E-state index in [1.165, 1.54) is 17.4 Å². The number of H-pyrrole nitrogens is 1. The number of nitrogens with one attached hydrogen (secondary N) is 2. The quantitative estimate of drug-likeness (QED) is 0.568. The van der Waals surface area contributed by atoms with Crippen LogP contribution in [-0.2, 0) is 6.54 Å². The van der Waals surface area contributed by atoms with E-state index in [2.05, 4.69) is 15.3 Å². The largest absolute Gasteiger partial charge is 0.374 e. The SMILES string of the molecule is Cc1nc2cc(NCc3csc(=O)[nH]3)c([N+](=O)[O-])cc2s1. The van der Waals surface area contributed by atoms with E-state index in [0.717, 1.165) is 26.6 Å². The summed E-state index contributed by atoms with van der Waals surface area (Å²) in [5.74, 6) is 0. The molecule has 2 aromatic heterocycles. The van der Waals surface area contributed by atoms with Crippen molar-refractivity contribution in [3.63, 3.8) is 0 Å². The summed E-state index contributed by atoms with van der Waals surface area (Å²) >= 11 is 2.48. The maximum absolute atomic E-state index is 11.2. The Hall–Kier alpha value is -2.26. The number of hydrogen-bond donors (Lipinski definition) is 2. The average Bonchev–Trinajstić information content (AvgIpc) is 2.99. The molecule has 0 saturated carbocycles. The van der Waals surface area contributed by atoms with Crippen molar-refractivity contribution in [2.24, 2.45) is 0 Å². The molecule has 0 bridgehead atoms. The van der Waals surface area contributed by atoms with Crippen molar-refractivity contribution in [1.82, 2.24) is 9.97 Å². The van der Waals surface area contributed by atoms with Crippen LogP contribution >= 0.6 is 22.7 Å². The topological polar surface area (TPSA) is 101 Å². The van der Waals surface area contributed by atoms with Crippen LogP contribution in [0, 0.1) is 17.0 Å². The second kappa shape index (κ2) is 5.26. The zero-order valence-corrected chi connectivity index (χ0v) is 12.5. The van der Waals surface area contributed by atoms with Gasteiger partial charge in [0.1, 0.15) is 5.69 Å². The number of rotatable bonds is 4. The Morgan fingerprint density at radius 2 is 2.29 bits per heavy atom. The van der Waals surface area contributed by atoms with Gasteiger partial charge in [-0.15, -0.1) is 11.3 Å². The van der Waals surface area contributed by atoms with E-state index in [-0.39, 0.29) is 10.6 Å². The third-order valence-corrected chi connectivity index (χ3v) is 4.50. The van der Waals surface area contributed by atoms with Crippen molar-refractivity contribution in [1.29, 1.82) is 0 Å². The Morgan fingerprint density at radius 1 is 1.48 bits per heavy atom. The molecule has 0 radical (unpaired) electrons. The fourth-order valence-corrected chi connectivity index (χ4v) is 3.39. The molecule has 0 aliphatic heterocycles. The van der Waals surface area contributed by atoms with Gasteiger partial charge in [0.05, 0.1) is 26.7 Å². The first-order valence-electron chi connectivity index (χ1n) is 5.99. The van der Waals surface area contributed by atoms with Crippen LogP contribution < -0.4 is 10.2 Å². The monoisotopic (exact) mass is 322 g/mol. The van der Waals surface area contributed by atoms with Gasteiger partial charge in [-0.25, -0.2) is 4.98 Å². The highest BCUT2D eigenvalue weighted by molar-refractivity contribution is 7.18. The van der Waals surface area contributed by atoms with Crippen molar-refractivity contribution < 1.29 is 4.92 Å². The number of aryl methyl sites for hydroxylation is 1. The minimum atomic E-state index is -0.423. The smallest absolute Gasteiger partial charge is 0.304 e. The summed E-state index contributed by atoms with van der Waals surface area (Å²) in [5.41, 5.74) is 1.81. The lowest BCUT2D eigenvalue weighted by Crippen LogP contribution is -2.04. The Bertz CT molecular complexity index is 880. The van der Waals surface area contributed by atoms with E-state index in [9.17, 15) is 14.9 Å². The Balaban J connectivity index is 1.96. The molecule has 0 atom stereocenters. The molecule has 0 unspecified atom stereocenters. The van der Waals surface area contributed by atoms with Gasteiger partial charge >= 0.3 is 4.87 Å². The highest BCUT2D eigenvalue weighted by Crippen LogP contribution is 2.33. The summed E-state index contributed by atoms with van der Waals surface area (Å²) < 4.78 is 0.786. The molecule has 0 spiro atoms. The molecule has 2 N–H and O–H groups in total. The summed E-state index contributed by atoms with van der Waals surface area (Å²) in [7, 11) is 0. The molecule has 21 heavy (non-hydrogen) atoms. The van der Waals surface area contributed by atoms with Crippen LogP contribution in [0.4, 0.5) is 11.4 Å². The second-order valence-corrected chi connectivity index (χ2v) is 6.43. The van der Waals surface area contributed by atoms with Crippen LogP contribution in [-0.4, -0.2) is 14.9 Å². The fourth-order valence-electron chi connectivity index (χ4n) is 1.96. The van der Waals surface area contributed by atoms with Crippen LogP contribution in [0.5, 0.6) is 0 Å². The molecule has 0 amide bonds. The number of thiazole rings is 2. The van der Waals surface area contributed by atoms with Gasteiger partial charge in [0.15, 0.2) is 0 Å². The number of hydrogen-bond acceptors (Lipinski definition) is 7. The normalized spacial score (nSPS) is 10.9. The first-order chi connectivity index (χ1) is 10.0. The molecule has 1 aromatic carbocycles. The van der Waals surface area contributed by atoms with Gasteiger partial charge < -0.3 is 10.3 Å². The first-order valence-corrected chi connectivity index (χ1v) is 7.68. The summed E-state index contributed by atoms with van der Waals surface area (Å²) in [5, 5.41) is 16.7. The third kappa shape index (κ3) is 2.78. The lowest BCUT2D eigenvalue weighted by Gasteiger charge is -2.05. The fraction of sp³-hybridized carbons (Fsp3) is 0.167. The summed E-state index contributed by atoms with van der Waals surface area (Å²) in [6.45, 7) is 2.17.